The third kappa shape index (κ3) is 7.57. The highest BCUT2D eigenvalue weighted by Crippen LogP contribution is 2.47. The normalized spacial score (nSPS) is 17.8. The summed E-state index contributed by atoms with van der Waals surface area (Å²) in [6.07, 6.45) is 17.4. The van der Waals surface area contributed by atoms with Crippen molar-refractivity contribution < 1.29 is 0 Å². The summed E-state index contributed by atoms with van der Waals surface area (Å²) in [5, 5.41) is 2.69. The number of hydrogen-bond acceptors (Lipinski definition) is 0. The van der Waals surface area contributed by atoms with E-state index in [-0.39, 0.29) is 0 Å². The van der Waals surface area contributed by atoms with Crippen LogP contribution < -0.4 is 0 Å². The Hall–Kier alpha value is -6.24. The molecule has 0 nitrogen and oxygen atoms in total. The first kappa shape index (κ1) is 38.0. The Morgan fingerprint density at radius 2 is 1.23 bits per heavy atom. The van der Waals surface area contributed by atoms with Crippen LogP contribution in [0.3, 0.4) is 0 Å². The Balaban J connectivity index is 0.893. The number of benzene rings is 7. The highest BCUT2D eigenvalue weighted by Gasteiger charge is 2.33. The molecule has 0 aliphatic heterocycles. The van der Waals surface area contributed by atoms with Gasteiger partial charge in [0.05, 0.1) is 0 Å². The van der Waals surface area contributed by atoms with E-state index in [0.29, 0.717) is 29.6 Å². The Morgan fingerprint density at radius 3 is 1.98 bits per heavy atom. The predicted molar refractivity (Wildman–Crippen MR) is 255 cm³/mol. The van der Waals surface area contributed by atoms with E-state index in [1.165, 1.54) is 77.6 Å². The molecule has 5 atom stereocenters. The molecule has 0 saturated heterocycles. The van der Waals surface area contributed by atoms with Crippen LogP contribution in [0.25, 0.3) is 33.0 Å². The van der Waals surface area contributed by atoms with Gasteiger partial charge in [-0.05, 0) is 127 Å². The minimum Gasteiger partial charge on any atom is -0.0836 e. The number of hydrogen-bond donors (Lipinski definition) is 0. The molecule has 0 aromatic heterocycles. The molecular weight excluding hydrogens is 721 g/mol. The average Bonchev–Trinajstić information content (AvgIpc) is 3.69. The SMILES string of the molecule is CC(CC(c1ccc(C2=CCCC=C2)cc1)c1ccc(-c2ccccc2)cc1)c1ccc2c(c1)CC1=C2C=CC(C(C)C(c2ccccc2)c2cccc3ccccc23)C1. The van der Waals surface area contributed by atoms with E-state index in [1.54, 1.807) is 5.57 Å². The molecule has 0 fully saturated rings. The molecule has 0 spiro atoms. The van der Waals surface area contributed by atoms with Crippen LogP contribution in [0, 0.1) is 11.8 Å². The fourth-order valence-corrected chi connectivity index (χ4v) is 10.6. The fraction of sp³-hybridized carbons (Fsp3) is 0.200. The Kier molecular flexibility index (Phi) is 10.6. The van der Waals surface area contributed by atoms with Gasteiger partial charge in [-0.2, -0.15) is 0 Å². The molecule has 3 aliphatic carbocycles. The number of allylic oxidation sites excluding steroid dienone is 8. The van der Waals surface area contributed by atoms with Crippen LogP contribution in [-0.4, -0.2) is 0 Å². The second kappa shape index (κ2) is 16.8. The Labute approximate surface area is 357 Å². The molecule has 0 saturated carbocycles. The van der Waals surface area contributed by atoms with Crippen molar-refractivity contribution in [2.45, 2.75) is 63.7 Å². The van der Waals surface area contributed by atoms with E-state index >= 15 is 0 Å². The van der Waals surface area contributed by atoms with Crippen molar-refractivity contribution in [2.75, 3.05) is 0 Å². The van der Waals surface area contributed by atoms with Gasteiger partial charge in [0.2, 0.25) is 0 Å². The van der Waals surface area contributed by atoms with Gasteiger partial charge in [0.15, 0.2) is 0 Å². The van der Waals surface area contributed by atoms with Gasteiger partial charge in [-0.3, -0.25) is 0 Å². The maximum atomic E-state index is 2.55. The van der Waals surface area contributed by atoms with Crippen molar-refractivity contribution in [1.82, 2.24) is 0 Å². The Morgan fingerprint density at radius 1 is 0.567 bits per heavy atom. The molecule has 10 rings (SSSR count). The minimum absolute atomic E-state index is 0.291. The van der Waals surface area contributed by atoms with Gasteiger partial charge in [0.25, 0.3) is 0 Å². The average molecular weight is 775 g/mol. The molecule has 294 valence electrons. The zero-order valence-electron chi connectivity index (χ0n) is 35.0. The lowest BCUT2D eigenvalue weighted by Gasteiger charge is -2.33. The smallest absolute Gasteiger partial charge is 0.0127 e. The monoisotopic (exact) mass is 774 g/mol. The second-order valence-electron chi connectivity index (χ2n) is 17.6. The van der Waals surface area contributed by atoms with E-state index in [0.717, 1.165) is 32.1 Å². The van der Waals surface area contributed by atoms with E-state index in [9.17, 15) is 0 Å². The van der Waals surface area contributed by atoms with E-state index in [2.05, 4.69) is 214 Å². The van der Waals surface area contributed by atoms with Gasteiger partial charge in [0.1, 0.15) is 0 Å². The van der Waals surface area contributed by atoms with Crippen LogP contribution in [0.4, 0.5) is 0 Å². The standard InChI is InChI=1S/C60H54/c1-41(37-59(48-29-25-45(26-30-48)43-15-6-3-7-16-43)49-31-27-46(28-32-49)44-17-8-4-9-18-44)51-33-35-56-53(38-51)40-54-39-52(34-36-57(54)56)42(2)60(50-20-10-5-11-21-50)58-24-14-22-47-19-12-13-23-55(47)58/h3,5-8,10-36,38,41-42,52,59-60H,4,9,37,39-40H2,1-2H3. The fourth-order valence-electron chi connectivity index (χ4n) is 10.6. The number of rotatable bonds is 11. The predicted octanol–water partition coefficient (Wildman–Crippen LogP) is 15.9. The van der Waals surface area contributed by atoms with Crippen molar-refractivity contribution in [3.8, 4) is 11.1 Å². The zero-order valence-corrected chi connectivity index (χ0v) is 35.0. The summed E-state index contributed by atoms with van der Waals surface area (Å²) in [7, 11) is 0. The highest BCUT2D eigenvalue weighted by molar-refractivity contribution is 5.87. The summed E-state index contributed by atoms with van der Waals surface area (Å²) in [5.74, 6) is 1.90. The molecule has 3 aliphatic rings. The third-order valence-electron chi connectivity index (χ3n) is 13.9. The molecule has 0 bridgehead atoms. The van der Waals surface area contributed by atoms with Crippen LogP contribution in [0.2, 0.25) is 0 Å². The van der Waals surface area contributed by atoms with Crippen molar-refractivity contribution in [3.05, 3.63) is 250 Å². The van der Waals surface area contributed by atoms with E-state index < -0.39 is 0 Å². The molecule has 7 aromatic rings. The summed E-state index contributed by atoms with van der Waals surface area (Å²) in [4.78, 5) is 0. The molecular formula is C60H54. The summed E-state index contributed by atoms with van der Waals surface area (Å²) in [6.45, 7) is 4.93. The van der Waals surface area contributed by atoms with Crippen LogP contribution in [-0.2, 0) is 6.42 Å². The third-order valence-corrected chi connectivity index (χ3v) is 13.9. The lowest BCUT2D eigenvalue weighted by Crippen LogP contribution is -2.21. The van der Waals surface area contributed by atoms with Gasteiger partial charge in [0, 0.05) is 11.8 Å². The largest absolute Gasteiger partial charge is 0.0836 e. The second-order valence-corrected chi connectivity index (χ2v) is 17.6. The Bertz CT molecular complexity index is 2740. The molecule has 5 unspecified atom stereocenters. The summed E-state index contributed by atoms with van der Waals surface area (Å²) < 4.78 is 0. The summed E-state index contributed by atoms with van der Waals surface area (Å²) >= 11 is 0. The molecule has 0 heteroatoms. The quantitative estimate of drug-likeness (QED) is 0.123. The maximum Gasteiger partial charge on any atom is 0.0127 e. The summed E-state index contributed by atoms with van der Waals surface area (Å²) in [5.41, 5.74) is 18.3. The van der Waals surface area contributed by atoms with Gasteiger partial charge in [-0.1, -0.05) is 220 Å². The van der Waals surface area contributed by atoms with Crippen LogP contribution in [0.1, 0.15) is 102 Å². The molecule has 0 amide bonds. The molecule has 0 radical (unpaired) electrons. The van der Waals surface area contributed by atoms with E-state index in [1.807, 2.05) is 0 Å². The van der Waals surface area contributed by atoms with Crippen LogP contribution in [0.5, 0.6) is 0 Å². The lowest BCUT2D eigenvalue weighted by atomic mass is 9.71. The van der Waals surface area contributed by atoms with Gasteiger partial charge in [-0.15, -0.1) is 0 Å². The number of fused-ring (bicyclic) bond motifs is 3. The van der Waals surface area contributed by atoms with Gasteiger partial charge >= 0.3 is 0 Å². The molecule has 0 N–H and O–H groups in total. The first-order valence-corrected chi connectivity index (χ1v) is 22.3. The zero-order chi connectivity index (χ0) is 40.4. The van der Waals surface area contributed by atoms with Gasteiger partial charge in [-0.25, -0.2) is 0 Å². The molecule has 60 heavy (non-hydrogen) atoms. The lowest BCUT2D eigenvalue weighted by molar-refractivity contribution is 0.382. The van der Waals surface area contributed by atoms with Crippen molar-refractivity contribution in [3.63, 3.8) is 0 Å². The minimum atomic E-state index is 0.291. The van der Waals surface area contributed by atoms with Crippen molar-refractivity contribution in [2.24, 2.45) is 11.8 Å². The van der Waals surface area contributed by atoms with Gasteiger partial charge < -0.3 is 0 Å². The van der Waals surface area contributed by atoms with Crippen molar-refractivity contribution in [1.29, 1.82) is 0 Å². The van der Waals surface area contributed by atoms with Crippen molar-refractivity contribution >= 4 is 21.9 Å². The van der Waals surface area contributed by atoms with Crippen LogP contribution in [0.15, 0.2) is 206 Å². The highest BCUT2D eigenvalue weighted by atomic mass is 14.4. The molecule has 7 aromatic carbocycles. The van der Waals surface area contributed by atoms with E-state index in [4.69, 9.17) is 0 Å². The summed E-state index contributed by atoms with van der Waals surface area (Å²) in [6, 6.07) is 63.9. The topological polar surface area (TPSA) is 0 Å². The maximum absolute atomic E-state index is 2.55. The van der Waals surface area contributed by atoms with Crippen LogP contribution >= 0.6 is 0 Å². The molecule has 0 heterocycles. The first-order chi connectivity index (χ1) is 29.6. The first-order valence-electron chi connectivity index (χ1n) is 22.3.